The molecule has 3 nitrogen and oxygen atoms in total. The zero-order valence-corrected chi connectivity index (χ0v) is 21.7. The van der Waals surface area contributed by atoms with Crippen LogP contribution in [0.1, 0.15) is 11.1 Å². The van der Waals surface area contributed by atoms with Gasteiger partial charge in [0.2, 0.25) is 0 Å². The van der Waals surface area contributed by atoms with E-state index in [0.717, 1.165) is 43.8 Å². The summed E-state index contributed by atoms with van der Waals surface area (Å²) in [5.74, 6) is 2.71. The Labute approximate surface area is 232 Å². The van der Waals surface area contributed by atoms with Crippen molar-refractivity contribution in [2.24, 2.45) is 0 Å². The third-order valence-electron chi connectivity index (χ3n) is 7.32. The second kappa shape index (κ2) is 9.72. The zero-order chi connectivity index (χ0) is 27.1. The van der Waals surface area contributed by atoms with Crippen molar-refractivity contribution >= 4 is 32.8 Å². The fourth-order valence-corrected chi connectivity index (χ4v) is 5.43. The normalized spacial score (nSPS) is 12.0. The van der Waals surface area contributed by atoms with Crippen molar-refractivity contribution in [1.29, 1.82) is 5.41 Å². The van der Waals surface area contributed by atoms with E-state index in [1.807, 2.05) is 72.8 Å². The summed E-state index contributed by atoms with van der Waals surface area (Å²) in [6.07, 6.45) is 3.74. The molecule has 1 aliphatic rings. The van der Waals surface area contributed by atoms with Crippen LogP contribution in [0.15, 0.2) is 140 Å². The van der Waals surface area contributed by atoms with Crippen LogP contribution in [0.25, 0.3) is 38.2 Å². The van der Waals surface area contributed by atoms with E-state index in [-0.39, 0.29) is 0 Å². The lowest BCUT2D eigenvalue weighted by Crippen LogP contribution is -2.00. The molecule has 0 saturated carbocycles. The zero-order valence-electron chi connectivity index (χ0n) is 21.7. The van der Waals surface area contributed by atoms with Crippen molar-refractivity contribution in [3.8, 4) is 34.1 Å². The molecule has 3 heteroatoms. The monoisotopic (exact) mass is 515 g/mol. The first kappa shape index (κ1) is 23.7. The van der Waals surface area contributed by atoms with Gasteiger partial charge >= 0.3 is 0 Å². The van der Waals surface area contributed by atoms with Crippen molar-refractivity contribution in [2.75, 3.05) is 0 Å². The summed E-state index contributed by atoms with van der Waals surface area (Å²) in [5, 5.41) is 13.6. The van der Waals surface area contributed by atoms with Gasteiger partial charge in [-0.15, -0.1) is 0 Å². The Balaban J connectivity index is 1.26. The second-order valence-electron chi connectivity index (χ2n) is 9.79. The smallest absolute Gasteiger partial charge is 0.170 e. The molecular weight excluding hydrogens is 490 g/mol. The third-order valence-corrected chi connectivity index (χ3v) is 7.32. The van der Waals surface area contributed by atoms with Gasteiger partial charge in [-0.2, -0.15) is 0 Å². The van der Waals surface area contributed by atoms with Crippen LogP contribution in [-0.4, -0.2) is 5.71 Å². The molecule has 6 aromatic carbocycles. The fraction of sp³-hybridized carbons (Fsp3) is 0. The van der Waals surface area contributed by atoms with Gasteiger partial charge in [0.05, 0.1) is 5.71 Å². The van der Waals surface area contributed by atoms with Crippen molar-refractivity contribution in [1.82, 2.24) is 0 Å². The fourth-order valence-electron chi connectivity index (χ4n) is 5.43. The molecule has 0 aliphatic carbocycles. The summed E-state index contributed by atoms with van der Waals surface area (Å²) in [5.41, 5.74) is 5.38. The molecule has 1 aliphatic heterocycles. The van der Waals surface area contributed by atoms with Crippen molar-refractivity contribution in [3.05, 3.63) is 151 Å². The highest BCUT2D eigenvalue weighted by Crippen LogP contribution is 2.46. The summed E-state index contributed by atoms with van der Waals surface area (Å²) in [7, 11) is 0. The second-order valence-corrected chi connectivity index (χ2v) is 9.79. The van der Waals surface area contributed by atoms with E-state index in [1.165, 1.54) is 5.56 Å². The molecule has 0 atom stereocenters. The standard InChI is InChI=1S/C37H25NO2/c1-24(26-20-22-34-35(23-26)40-33-18-10-9-17-32(33)39-34)19-21-31(38)37-29-15-7-5-13-27(29)36(25-11-3-2-4-12-25)28-14-6-8-16-30(28)37/h2-23,38H,1H2/b21-19-,38-31?. The quantitative estimate of drug-likeness (QED) is 0.141. The van der Waals surface area contributed by atoms with Gasteiger partial charge in [-0.05, 0) is 74.1 Å². The van der Waals surface area contributed by atoms with Crippen molar-refractivity contribution in [2.45, 2.75) is 0 Å². The van der Waals surface area contributed by atoms with Crippen LogP contribution in [0, 0.1) is 5.41 Å². The molecule has 0 amide bonds. The Kier molecular flexibility index (Phi) is 5.76. The average molecular weight is 516 g/mol. The largest absolute Gasteiger partial charge is 0.450 e. The predicted octanol–water partition coefficient (Wildman–Crippen LogP) is 10.2. The van der Waals surface area contributed by atoms with Gasteiger partial charge in [0.15, 0.2) is 23.0 Å². The maximum atomic E-state index is 9.18. The highest BCUT2D eigenvalue weighted by atomic mass is 16.6. The number of benzene rings is 6. The molecule has 7 rings (SSSR count). The van der Waals surface area contributed by atoms with E-state index in [0.29, 0.717) is 28.7 Å². The summed E-state index contributed by atoms with van der Waals surface area (Å²) < 4.78 is 12.1. The Morgan fingerprint density at radius 2 is 1.07 bits per heavy atom. The molecule has 1 N–H and O–H groups in total. The first-order valence-corrected chi connectivity index (χ1v) is 13.2. The summed E-state index contributed by atoms with van der Waals surface area (Å²) in [6.45, 7) is 4.28. The number of hydrogen-bond acceptors (Lipinski definition) is 3. The van der Waals surface area contributed by atoms with Gasteiger partial charge in [-0.3, -0.25) is 0 Å². The molecule has 0 spiro atoms. The van der Waals surface area contributed by atoms with Crippen LogP contribution in [0.2, 0.25) is 0 Å². The number of hydrogen-bond donors (Lipinski definition) is 1. The lowest BCUT2D eigenvalue weighted by atomic mass is 9.86. The number of ether oxygens (including phenoxy) is 2. The number of para-hydroxylation sites is 2. The van der Waals surface area contributed by atoms with Crippen LogP contribution in [0.3, 0.4) is 0 Å². The first-order valence-electron chi connectivity index (χ1n) is 13.2. The highest BCUT2D eigenvalue weighted by Gasteiger charge is 2.19. The van der Waals surface area contributed by atoms with E-state index in [9.17, 15) is 5.41 Å². The maximum absolute atomic E-state index is 9.18. The summed E-state index contributed by atoms with van der Waals surface area (Å²) in [6, 6.07) is 40.6. The lowest BCUT2D eigenvalue weighted by molar-refractivity contribution is 0.359. The number of nitrogens with one attached hydrogen (secondary N) is 1. The summed E-state index contributed by atoms with van der Waals surface area (Å²) in [4.78, 5) is 0. The Morgan fingerprint density at radius 1 is 0.550 bits per heavy atom. The van der Waals surface area contributed by atoms with Crippen molar-refractivity contribution < 1.29 is 9.47 Å². The first-order chi connectivity index (χ1) is 19.7. The minimum Gasteiger partial charge on any atom is -0.450 e. The minimum atomic E-state index is 0.430. The average Bonchev–Trinajstić information content (AvgIpc) is 3.01. The molecule has 0 bridgehead atoms. The van der Waals surface area contributed by atoms with Gasteiger partial charge in [0, 0.05) is 5.56 Å². The molecule has 0 unspecified atom stereocenters. The Bertz CT molecular complexity index is 1930. The number of rotatable bonds is 5. The Morgan fingerprint density at radius 3 is 1.73 bits per heavy atom. The lowest BCUT2D eigenvalue weighted by Gasteiger charge is -2.21. The Hall–Kier alpha value is -5.41. The van der Waals surface area contributed by atoms with Crippen LogP contribution in [-0.2, 0) is 0 Å². The maximum Gasteiger partial charge on any atom is 0.170 e. The van der Waals surface area contributed by atoms with E-state index >= 15 is 0 Å². The van der Waals surface area contributed by atoms with Crippen LogP contribution < -0.4 is 9.47 Å². The molecular formula is C37H25NO2. The molecule has 0 aromatic heterocycles. The van der Waals surface area contributed by atoms with Crippen LogP contribution in [0.4, 0.5) is 0 Å². The molecule has 0 saturated heterocycles. The molecule has 190 valence electrons. The van der Waals surface area contributed by atoms with E-state index in [2.05, 4.69) is 67.2 Å². The van der Waals surface area contributed by atoms with Crippen molar-refractivity contribution in [3.63, 3.8) is 0 Å². The van der Waals surface area contributed by atoms with E-state index < -0.39 is 0 Å². The number of fused-ring (bicyclic) bond motifs is 4. The van der Waals surface area contributed by atoms with Gasteiger partial charge in [-0.1, -0.05) is 110 Å². The van der Waals surface area contributed by atoms with E-state index in [4.69, 9.17) is 9.47 Å². The SMILES string of the molecule is C=C(/C=C\C(=N)c1c2ccccc2c(-c2ccccc2)c2ccccc12)c1ccc2c(c1)Oc1ccccc1O2. The van der Waals surface area contributed by atoms with Gasteiger partial charge in [-0.25, -0.2) is 0 Å². The van der Waals surface area contributed by atoms with E-state index in [1.54, 1.807) is 0 Å². The molecule has 40 heavy (non-hydrogen) atoms. The topological polar surface area (TPSA) is 42.3 Å². The molecule has 0 fully saturated rings. The van der Waals surface area contributed by atoms with Crippen LogP contribution >= 0.6 is 0 Å². The van der Waals surface area contributed by atoms with Crippen LogP contribution in [0.5, 0.6) is 23.0 Å². The minimum absolute atomic E-state index is 0.430. The van der Waals surface area contributed by atoms with Gasteiger partial charge < -0.3 is 14.9 Å². The predicted molar refractivity (Wildman–Crippen MR) is 165 cm³/mol. The molecule has 1 heterocycles. The van der Waals surface area contributed by atoms with Gasteiger partial charge in [0.1, 0.15) is 0 Å². The third kappa shape index (κ3) is 4.05. The summed E-state index contributed by atoms with van der Waals surface area (Å²) >= 11 is 0. The van der Waals surface area contributed by atoms with Gasteiger partial charge in [0.25, 0.3) is 0 Å². The highest BCUT2D eigenvalue weighted by molar-refractivity contribution is 6.27. The molecule has 6 aromatic rings. The molecule has 0 radical (unpaired) electrons. The number of allylic oxidation sites excluding steroid dienone is 3.